The lowest BCUT2D eigenvalue weighted by Gasteiger charge is -2.22. The van der Waals surface area contributed by atoms with E-state index in [0.29, 0.717) is 6.04 Å². The first-order valence-corrected chi connectivity index (χ1v) is 5.80. The molecule has 0 aliphatic carbocycles. The first kappa shape index (κ1) is 11.5. The van der Waals surface area contributed by atoms with E-state index in [1.807, 2.05) is 12.4 Å². The fraction of sp³-hybridized carbons (Fsp3) is 0.700. The minimum Gasteiger partial charge on any atom is -0.387 e. The molecule has 0 spiro atoms. The highest BCUT2D eigenvalue weighted by molar-refractivity contribution is 7.13. The summed E-state index contributed by atoms with van der Waals surface area (Å²) in [6.45, 7) is 6.07. The molecule has 0 aromatic carbocycles. The largest absolute Gasteiger partial charge is 0.387 e. The van der Waals surface area contributed by atoms with Crippen LogP contribution in [0.15, 0.2) is 5.38 Å². The van der Waals surface area contributed by atoms with Crippen LogP contribution in [0, 0.1) is 0 Å². The summed E-state index contributed by atoms with van der Waals surface area (Å²) in [5.74, 6) is 0. The Morgan fingerprint density at radius 1 is 1.57 bits per heavy atom. The van der Waals surface area contributed by atoms with Crippen molar-refractivity contribution in [2.45, 2.75) is 39.3 Å². The number of aromatic nitrogens is 1. The maximum Gasteiger partial charge on any atom is 0.185 e. The zero-order chi connectivity index (χ0) is 10.7. The molecule has 0 saturated heterocycles. The molecule has 0 fully saturated rings. The van der Waals surface area contributed by atoms with Gasteiger partial charge in [0.2, 0.25) is 0 Å². The summed E-state index contributed by atoms with van der Waals surface area (Å²) in [5.41, 5.74) is 0.764. The quantitative estimate of drug-likeness (QED) is 0.836. The fourth-order valence-corrected chi connectivity index (χ4v) is 2.07. The molecule has 1 aromatic rings. The first-order valence-electron chi connectivity index (χ1n) is 4.92. The maximum absolute atomic E-state index is 9.34. The van der Waals surface area contributed by atoms with Crippen molar-refractivity contribution >= 4 is 16.5 Å². The Balaban J connectivity index is 2.76. The Labute approximate surface area is 89.4 Å². The SMILES string of the molecule is CCC(C)N(C)c1nc(C(C)O)cs1. The van der Waals surface area contributed by atoms with Crippen LogP contribution >= 0.6 is 11.3 Å². The van der Waals surface area contributed by atoms with E-state index in [1.54, 1.807) is 18.3 Å². The molecular formula is C10H18N2OS. The number of rotatable bonds is 4. The summed E-state index contributed by atoms with van der Waals surface area (Å²) in [6.07, 6.45) is 0.630. The minimum atomic E-state index is -0.467. The lowest BCUT2D eigenvalue weighted by Crippen LogP contribution is -2.27. The first-order chi connectivity index (χ1) is 6.56. The molecule has 3 nitrogen and oxygen atoms in total. The van der Waals surface area contributed by atoms with Gasteiger partial charge in [-0.05, 0) is 20.3 Å². The van der Waals surface area contributed by atoms with E-state index in [2.05, 4.69) is 23.7 Å². The van der Waals surface area contributed by atoms with Crippen molar-refractivity contribution in [1.82, 2.24) is 4.98 Å². The van der Waals surface area contributed by atoms with Gasteiger partial charge in [-0.3, -0.25) is 0 Å². The standard InChI is InChI=1S/C10H18N2OS/c1-5-7(2)12(4)10-11-9(6-14-10)8(3)13/h6-8,13H,5H2,1-4H3. The highest BCUT2D eigenvalue weighted by Crippen LogP contribution is 2.24. The fourth-order valence-electron chi connectivity index (χ4n) is 1.09. The molecule has 1 heterocycles. The van der Waals surface area contributed by atoms with Crippen molar-refractivity contribution in [2.75, 3.05) is 11.9 Å². The molecule has 0 bridgehead atoms. The van der Waals surface area contributed by atoms with Crippen LogP contribution in [0.2, 0.25) is 0 Å². The molecule has 2 atom stereocenters. The zero-order valence-electron chi connectivity index (χ0n) is 9.19. The highest BCUT2D eigenvalue weighted by Gasteiger charge is 2.13. The number of aliphatic hydroxyl groups excluding tert-OH is 1. The molecule has 0 saturated carbocycles. The molecule has 2 unspecified atom stereocenters. The van der Waals surface area contributed by atoms with Gasteiger partial charge in [-0.25, -0.2) is 4.98 Å². The van der Waals surface area contributed by atoms with Crippen LogP contribution in [-0.4, -0.2) is 23.2 Å². The molecule has 1 aromatic heterocycles. The Hall–Kier alpha value is -0.610. The topological polar surface area (TPSA) is 36.4 Å². The number of anilines is 1. The van der Waals surface area contributed by atoms with Gasteiger partial charge >= 0.3 is 0 Å². The molecule has 1 N–H and O–H groups in total. The predicted molar refractivity (Wildman–Crippen MR) is 60.9 cm³/mol. The van der Waals surface area contributed by atoms with E-state index in [0.717, 1.165) is 17.2 Å². The Kier molecular flexibility index (Phi) is 3.89. The van der Waals surface area contributed by atoms with Crippen LogP contribution in [0.3, 0.4) is 0 Å². The minimum absolute atomic E-state index is 0.467. The van der Waals surface area contributed by atoms with Crippen LogP contribution in [-0.2, 0) is 0 Å². The van der Waals surface area contributed by atoms with Gasteiger partial charge in [0.1, 0.15) is 0 Å². The van der Waals surface area contributed by atoms with E-state index in [4.69, 9.17) is 0 Å². The van der Waals surface area contributed by atoms with Gasteiger partial charge < -0.3 is 10.0 Å². The van der Waals surface area contributed by atoms with Gasteiger partial charge in [0, 0.05) is 18.5 Å². The average Bonchev–Trinajstić information content (AvgIpc) is 2.64. The van der Waals surface area contributed by atoms with Crippen molar-refractivity contribution in [3.05, 3.63) is 11.1 Å². The van der Waals surface area contributed by atoms with Crippen molar-refractivity contribution in [2.24, 2.45) is 0 Å². The number of hydrogen-bond donors (Lipinski definition) is 1. The number of hydrogen-bond acceptors (Lipinski definition) is 4. The van der Waals surface area contributed by atoms with Gasteiger partial charge in [-0.1, -0.05) is 6.92 Å². The van der Waals surface area contributed by atoms with E-state index >= 15 is 0 Å². The maximum atomic E-state index is 9.34. The van der Waals surface area contributed by atoms with Gasteiger partial charge in [0.15, 0.2) is 5.13 Å². The van der Waals surface area contributed by atoms with E-state index in [-0.39, 0.29) is 0 Å². The van der Waals surface area contributed by atoms with Crippen LogP contribution in [0.25, 0.3) is 0 Å². The Morgan fingerprint density at radius 3 is 2.64 bits per heavy atom. The van der Waals surface area contributed by atoms with Crippen LogP contribution in [0.1, 0.15) is 39.0 Å². The van der Waals surface area contributed by atoms with Gasteiger partial charge in [0.25, 0.3) is 0 Å². The molecular weight excluding hydrogens is 196 g/mol. The van der Waals surface area contributed by atoms with Crippen LogP contribution < -0.4 is 4.90 Å². The average molecular weight is 214 g/mol. The second-order valence-electron chi connectivity index (χ2n) is 3.60. The third-order valence-electron chi connectivity index (χ3n) is 2.49. The van der Waals surface area contributed by atoms with Crippen LogP contribution in [0.4, 0.5) is 5.13 Å². The number of aliphatic hydroxyl groups is 1. The second kappa shape index (κ2) is 4.75. The van der Waals surface area contributed by atoms with Crippen molar-refractivity contribution in [3.63, 3.8) is 0 Å². The molecule has 1 rings (SSSR count). The number of nitrogens with zero attached hydrogens (tertiary/aromatic N) is 2. The molecule has 0 aliphatic rings. The number of thiazole rings is 1. The lowest BCUT2D eigenvalue weighted by molar-refractivity contribution is 0.195. The van der Waals surface area contributed by atoms with Crippen LogP contribution in [0.5, 0.6) is 0 Å². The molecule has 0 radical (unpaired) electrons. The molecule has 0 aliphatic heterocycles. The normalized spacial score (nSPS) is 15.2. The summed E-state index contributed by atoms with van der Waals surface area (Å²) in [7, 11) is 2.04. The van der Waals surface area contributed by atoms with Crippen molar-refractivity contribution in [1.29, 1.82) is 0 Å². The van der Waals surface area contributed by atoms with E-state index in [9.17, 15) is 5.11 Å². The van der Waals surface area contributed by atoms with Gasteiger partial charge in [0.05, 0.1) is 11.8 Å². The van der Waals surface area contributed by atoms with Gasteiger partial charge in [-0.15, -0.1) is 11.3 Å². The molecule has 4 heteroatoms. The summed E-state index contributed by atoms with van der Waals surface area (Å²) < 4.78 is 0. The lowest BCUT2D eigenvalue weighted by atomic mass is 10.2. The predicted octanol–water partition coefficient (Wildman–Crippen LogP) is 2.43. The summed E-state index contributed by atoms with van der Waals surface area (Å²) in [5, 5.41) is 12.2. The molecule has 80 valence electrons. The molecule has 14 heavy (non-hydrogen) atoms. The Bertz CT molecular complexity index is 285. The van der Waals surface area contributed by atoms with E-state index in [1.165, 1.54) is 0 Å². The summed E-state index contributed by atoms with van der Waals surface area (Å²) >= 11 is 1.58. The zero-order valence-corrected chi connectivity index (χ0v) is 10.0. The molecule has 0 amide bonds. The van der Waals surface area contributed by atoms with Gasteiger partial charge in [-0.2, -0.15) is 0 Å². The monoisotopic (exact) mass is 214 g/mol. The highest BCUT2D eigenvalue weighted by atomic mass is 32.1. The third-order valence-corrected chi connectivity index (χ3v) is 3.44. The van der Waals surface area contributed by atoms with E-state index < -0.39 is 6.10 Å². The van der Waals surface area contributed by atoms with Crippen molar-refractivity contribution < 1.29 is 5.11 Å². The smallest absolute Gasteiger partial charge is 0.185 e. The van der Waals surface area contributed by atoms with Crippen molar-refractivity contribution in [3.8, 4) is 0 Å². The summed E-state index contributed by atoms with van der Waals surface area (Å²) in [4.78, 5) is 6.52. The summed E-state index contributed by atoms with van der Waals surface area (Å²) in [6, 6.07) is 0.489. The second-order valence-corrected chi connectivity index (χ2v) is 4.44. The third kappa shape index (κ3) is 2.45. The Morgan fingerprint density at radius 2 is 2.21 bits per heavy atom.